The number of carbonyl (C=O) groups is 1. The highest BCUT2D eigenvalue weighted by Gasteiger charge is 2.18. The van der Waals surface area contributed by atoms with Crippen LogP contribution in [0.3, 0.4) is 0 Å². The molecule has 0 saturated carbocycles. The summed E-state index contributed by atoms with van der Waals surface area (Å²) in [6.45, 7) is 0.586. The van der Waals surface area contributed by atoms with Crippen LogP contribution in [-0.2, 0) is 22.8 Å². The van der Waals surface area contributed by atoms with Crippen LogP contribution < -0.4 is 0 Å². The minimum atomic E-state index is -3.73. The zero-order valence-electron chi connectivity index (χ0n) is 15.6. The van der Waals surface area contributed by atoms with Gasteiger partial charge in [0.15, 0.2) is 0 Å². The van der Waals surface area contributed by atoms with Gasteiger partial charge in [-0.3, -0.25) is 0 Å². The average molecular weight is 411 g/mol. The lowest BCUT2D eigenvalue weighted by molar-refractivity contribution is 0.143. The number of hydrogen-bond donors (Lipinski definition) is 2. The van der Waals surface area contributed by atoms with E-state index in [-0.39, 0.29) is 15.5 Å². The Morgan fingerprint density at radius 1 is 0.828 bits per heavy atom. The van der Waals surface area contributed by atoms with Crippen LogP contribution >= 0.6 is 0 Å². The van der Waals surface area contributed by atoms with E-state index < -0.39 is 15.9 Å². The Hall–Kier alpha value is -3.32. The van der Waals surface area contributed by atoms with Crippen molar-refractivity contribution in [3.63, 3.8) is 0 Å². The third-order valence-electron chi connectivity index (χ3n) is 4.52. The zero-order chi connectivity index (χ0) is 20.9. The lowest BCUT2D eigenvalue weighted by atomic mass is 10.1. The van der Waals surface area contributed by atoms with Crippen molar-refractivity contribution in [1.82, 2.24) is 4.90 Å². The van der Waals surface area contributed by atoms with E-state index in [9.17, 15) is 23.4 Å². The molecule has 0 bridgehead atoms. The first-order valence-electron chi connectivity index (χ1n) is 9.01. The summed E-state index contributed by atoms with van der Waals surface area (Å²) in [4.78, 5) is 13.0. The summed E-state index contributed by atoms with van der Waals surface area (Å²) in [5.41, 5.74) is 1.74. The molecule has 29 heavy (non-hydrogen) atoms. The zero-order valence-corrected chi connectivity index (χ0v) is 16.4. The third kappa shape index (κ3) is 5.14. The second kappa shape index (κ2) is 8.79. The summed E-state index contributed by atoms with van der Waals surface area (Å²) in [5.74, 6) is -0.116. The highest BCUT2D eigenvalue weighted by atomic mass is 32.2. The molecule has 0 heterocycles. The van der Waals surface area contributed by atoms with Gasteiger partial charge in [-0.05, 0) is 47.9 Å². The molecule has 1 amide bonds. The van der Waals surface area contributed by atoms with Crippen LogP contribution in [0.1, 0.15) is 11.1 Å². The summed E-state index contributed by atoms with van der Waals surface area (Å²) in [6, 6.07) is 21.2. The number of carboxylic acid groups (broad SMARTS) is 1. The summed E-state index contributed by atoms with van der Waals surface area (Å²) >= 11 is 0. The first-order chi connectivity index (χ1) is 13.9. The first-order valence-corrected chi connectivity index (χ1v) is 10.5. The van der Waals surface area contributed by atoms with Crippen LogP contribution in [0.2, 0.25) is 0 Å². The van der Waals surface area contributed by atoms with Crippen molar-refractivity contribution in [2.75, 3.05) is 6.54 Å². The van der Waals surface area contributed by atoms with E-state index in [1.165, 1.54) is 41.3 Å². The molecule has 0 spiro atoms. The van der Waals surface area contributed by atoms with Gasteiger partial charge in [-0.15, -0.1) is 0 Å². The molecule has 0 aliphatic heterocycles. The normalized spacial score (nSPS) is 11.2. The fraction of sp³-hybridized carbons (Fsp3) is 0.136. The summed E-state index contributed by atoms with van der Waals surface area (Å²) in [7, 11) is -3.73. The van der Waals surface area contributed by atoms with Crippen LogP contribution in [0.4, 0.5) is 4.79 Å². The molecule has 3 rings (SSSR count). The smallest absolute Gasteiger partial charge is 0.407 e. The molecule has 3 aromatic rings. The standard InChI is InChI=1S/C22H21NO5S/c24-19-7-4-8-21(15-19)29(27,28)20-11-9-17(10-12-20)13-14-23(22(25)26)16-18-5-2-1-3-6-18/h1-12,15,24H,13-14,16H2,(H,25,26). The number of hydrogen-bond acceptors (Lipinski definition) is 4. The SMILES string of the molecule is O=C(O)N(CCc1ccc(S(=O)(=O)c2cccc(O)c2)cc1)Cc1ccccc1. The largest absolute Gasteiger partial charge is 0.508 e. The van der Waals surface area contributed by atoms with Gasteiger partial charge in [-0.2, -0.15) is 0 Å². The minimum absolute atomic E-state index is 0.0187. The molecule has 0 saturated heterocycles. The van der Waals surface area contributed by atoms with Crippen LogP contribution in [0.25, 0.3) is 0 Å². The second-order valence-corrected chi connectivity index (χ2v) is 8.53. The number of phenolic OH excluding ortho intramolecular Hbond substituents is 1. The Kier molecular flexibility index (Phi) is 6.19. The number of phenols is 1. The van der Waals surface area contributed by atoms with Crippen LogP contribution in [0, 0.1) is 0 Å². The van der Waals surface area contributed by atoms with E-state index in [0.29, 0.717) is 19.5 Å². The van der Waals surface area contributed by atoms with Crippen LogP contribution in [0.15, 0.2) is 88.7 Å². The average Bonchev–Trinajstić information content (AvgIpc) is 2.72. The number of nitrogens with zero attached hydrogens (tertiary/aromatic N) is 1. The fourth-order valence-electron chi connectivity index (χ4n) is 2.93. The topological polar surface area (TPSA) is 94.9 Å². The quantitative estimate of drug-likeness (QED) is 0.614. The third-order valence-corrected chi connectivity index (χ3v) is 6.29. The molecule has 0 aromatic heterocycles. The molecular weight excluding hydrogens is 390 g/mol. The number of sulfone groups is 1. The lowest BCUT2D eigenvalue weighted by Gasteiger charge is -2.19. The number of rotatable bonds is 7. The molecule has 0 unspecified atom stereocenters. The molecule has 6 nitrogen and oxygen atoms in total. The van der Waals surface area contributed by atoms with Crippen LogP contribution in [0.5, 0.6) is 5.75 Å². The van der Waals surface area contributed by atoms with Gasteiger partial charge in [-0.25, -0.2) is 13.2 Å². The predicted octanol–water partition coefficient (Wildman–Crippen LogP) is 3.95. The lowest BCUT2D eigenvalue weighted by Crippen LogP contribution is -2.30. The maximum Gasteiger partial charge on any atom is 0.407 e. The van der Waals surface area contributed by atoms with Crippen molar-refractivity contribution in [2.24, 2.45) is 0 Å². The maximum absolute atomic E-state index is 12.7. The highest BCUT2D eigenvalue weighted by Crippen LogP contribution is 2.24. The molecule has 0 fully saturated rings. The molecule has 0 aliphatic carbocycles. The van der Waals surface area contributed by atoms with Gasteiger partial charge in [-0.1, -0.05) is 48.5 Å². The molecule has 2 N–H and O–H groups in total. The Morgan fingerprint density at radius 2 is 1.52 bits per heavy atom. The van der Waals surface area contributed by atoms with Gasteiger partial charge in [0.2, 0.25) is 9.84 Å². The highest BCUT2D eigenvalue weighted by molar-refractivity contribution is 7.91. The van der Waals surface area contributed by atoms with E-state index in [1.54, 1.807) is 12.1 Å². The van der Waals surface area contributed by atoms with Crippen molar-refractivity contribution in [1.29, 1.82) is 0 Å². The summed E-state index contributed by atoms with van der Waals surface area (Å²) in [6.07, 6.45) is -0.539. The predicted molar refractivity (Wildman–Crippen MR) is 109 cm³/mol. The van der Waals surface area contributed by atoms with Gasteiger partial charge in [0, 0.05) is 13.1 Å². The van der Waals surface area contributed by atoms with E-state index in [1.807, 2.05) is 30.3 Å². The van der Waals surface area contributed by atoms with Crippen molar-refractivity contribution in [2.45, 2.75) is 22.8 Å². The van der Waals surface area contributed by atoms with E-state index in [2.05, 4.69) is 0 Å². The molecule has 7 heteroatoms. The minimum Gasteiger partial charge on any atom is -0.508 e. The van der Waals surface area contributed by atoms with Crippen molar-refractivity contribution < 1.29 is 23.4 Å². The molecule has 150 valence electrons. The summed E-state index contributed by atoms with van der Waals surface area (Å²) in [5, 5.41) is 19.0. The van der Waals surface area contributed by atoms with E-state index in [4.69, 9.17) is 0 Å². The van der Waals surface area contributed by atoms with Crippen molar-refractivity contribution >= 4 is 15.9 Å². The first kappa shape index (κ1) is 20.4. The van der Waals surface area contributed by atoms with Gasteiger partial charge < -0.3 is 15.1 Å². The molecule has 0 atom stereocenters. The Balaban J connectivity index is 1.69. The van der Waals surface area contributed by atoms with Gasteiger partial charge in [0.1, 0.15) is 5.75 Å². The number of amides is 1. The van der Waals surface area contributed by atoms with Crippen molar-refractivity contribution in [3.8, 4) is 5.75 Å². The van der Waals surface area contributed by atoms with E-state index >= 15 is 0 Å². The van der Waals surface area contributed by atoms with E-state index in [0.717, 1.165) is 11.1 Å². The molecule has 0 aliphatic rings. The Bertz CT molecular complexity index is 1080. The fourth-order valence-corrected chi connectivity index (χ4v) is 4.23. The van der Waals surface area contributed by atoms with Crippen molar-refractivity contribution in [3.05, 3.63) is 90.0 Å². The maximum atomic E-state index is 12.7. The molecule has 3 aromatic carbocycles. The van der Waals surface area contributed by atoms with Gasteiger partial charge >= 0.3 is 6.09 Å². The Labute approximate surface area is 169 Å². The Morgan fingerprint density at radius 3 is 2.14 bits per heavy atom. The van der Waals surface area contributed by atoms with Gasteiger partial charge in [0.05, 0.1) is 9.79 Å². The summed E-state index contributed by atoms with van der Waals surface area (Å²) < 4.78 is 25.3. The second-order valence-electron chi connectivity index (χ2n) is 6.58. The molecular formula is C22H21NO5S. The number of aromatic hydroxyl groups is 1. The monoisotopic (exact) mass is 411 g/mol. The number of benzene rings is 3. The molecule has 0 radical (unpaired) electrons. The van der Waals surface area contributed by atoms with Gasteiger partial charge in [0.25, 0.3) is 0 Å². The van der Waals surface area contributed by atoms with Crippen LogP contribution in [-0.4, -0.2) is 36.2 Å².